The van der Waals surface area contributed by atoms with Crippen LogP contribution in [0.3, 0.4) is 0 Å². The molecule has 0 unspecified atom stereocenters. The number of nitrogens with zero attached hydrogens (tertiary/aromatic N) is 2. The number of nitrogens with one attached hydrogen (secondary N) is 1. The highest BCUT2D eigenvalue weighted by atomic mass is 79.9. The molecule has 2 aromatic rings. The second-order valence-electron chi connectivity index (χ2n) is 4.50. The number of rotatable bonds is 6. The first kappa shape index (κ1) is 16.0. The molecule has 1 aromatic carbocycles. The summed E-state index contributed by atoms with van der Waals surface area (Å²) in [5.74, 6) is 0. The number of halogens is 1. The summed E-state index contributed by atoms with van der Waals surface area (Å²) >= 11 is 3.28. The molecule has 114 valence electrons. The molecule has 0 aliphatic heterocycles. The van der Waals surface area contributed by atoms with Gasteiger partial charge in [-0.05, 0) is 24.6 Å². The van der Waals surface area contributed by atoms with Gasteiger partial charge < -0.3 is 4.74 Å². The van der Waals surface area contributed by atoms with E-state index < -0.39 is 10.0 Å². The lowest BCUT2D eigenvalue weighted by Crippen LogP contribution is -2.14. The SMILES string of the molecule is COCCn1cc(NS(=O)(=O)c2cc(Br)ccc2C)cn1. The second kappa shape index (κ2) is 6.59. The van der Waals surface area contributed by atoms with Gasteiger partial charge in [-0.2, -0.15) is 5.10 Å². The zero-order valence-electron chi connectivity index (χ0n) is 11.7. The molecule has 0 amide bonds. The summed E-state index contributed by atoms with van der Waals surface area (Å²) in [6, 6.07) is 5.13. The fourth-order valence-electron chi connectivity index (χ4n) is 1.80. The Hall–Kier alpha value is -1.38. The summed E-state index contributed by atoms with van der Waals surface area (Å²) in [4.78, 5) is 0.238. The Morgan fingerprint density at radius 1 is 1.43 bits per heavy atom. The van der Waals surface area contributed by atoms with Gasteiger partial charge in [-0.3, -0.25) is 9.40 Å². The van der Waals surface area contributed by atoms with Crippen molar-refractivity contribution in [1.82, 2.24) is 9.78 Å². The van der Waals surface area contributed by atoms with E-state index in [2.05, 4.69) is 25.8 Å². The molecule has 0 aliphatic carbocycles. The van der Waals surface area contributed by atoms with Crippen molar-refractivity contribution >= 4 is 31.6 Å². The van der Waals surface area contributed by atoms with Gasteiger partial charge in [-0.15, -0.1) is 0 Å². The lowest BCUT2D eigenvalue weighted by molar-refractivity contribution is 0.183. The molecule has 0 aliphatic rings. The van der Waals surface area contributed by atoms with Crippen LogP contribution in [0.1, 0.15) is 5.56 Å². The minimum Gasteiger partial charge on any atom is -0.383 e. The van der Waals surface area contributed by atoms with Gasteiger partial charge in [0.05, 0.1) is 29.9 Å². The van der Waals surface area contributed by atoms with Crippen molar-refractivity contribution in [2.24, 2.45) is 0 Å². The highest BCUT2D eigenvalue weighted by molar-refractivity contribution is 9.10. The van der Waals surface area contributed by atoms with Crippen LogP contribution < -0.4 is 4.72 Å². The quantitative estimate of drug-likeness (QED) is 0.843. The number of aromatic nitrogens is 2. The van der Waals surface area contributed by atoms with Crippen LogP contribution >= 0.6 is 15.9 Å². The molecule has 0 fully saturated rings. The van der Waals surface area contributed by atoms with Gasteiger partial charge in [0.25, 0.3) is 10.0 Å². The Balaban J connectivity index is 2.21. The number of anilines is 1. The van der Waals surface area contributed by atoms with Gasteiger partial charge in [-0.1, -0.05) is 22.0 Å². The highest BCUT2D eigenvalue weighted by Crippen LogP contribution is 2.22. The van der Waals surface area contributed by atoms with Crippen molar-refractivity contribution < 1.29 is 13.2 Å². The molecule has 0 radical (unpaired) electrons. The molecule has 1 aromatic heterocycles. The summed E-state index contributed by atoms with van der Waals surface area (Å²) in [5.41, 5.74) is 1.10. The molecular formula is C13H16BrN3O3S. The fraction of sp³-hybridized carbons (Fsp3) is 0.308. The summed E-state index contributed by atoms with van der Waals surface area (Å²) in [7, 11) is -2.04. The fourth-order valence-corrected chi connectivity index (χ4v) is 3.61. The first-order valence-corrected chi connectivity index (χ1v) is 8.50. The molecular weight excluding hydrogens is 358 g/mol. The maximum atomic E-state index is 12.4. The maximum Gasteiger partial charge on any atom is 0.262 e. The van der Waals surface area contributed by atoms with E-state index in [4.69, 9.17) is 4.74 Å². The van der Waals surface area contributed by atoms with Crippen molar-refractivity contribution in [2.75, 3.05) is 18.4 Å². The van der Waals surface area contributed by atoms with E-state index in [1.807, 2.05) is 0 Å². The van der Waals surface area contributed by atoms with Crippen molar-refractivity contribution in [1.29, 1.82) is 0 Å². The van der Waals surface area contributed by atoms with Crippen LogP contribution in [-0.4, -0.2) is 31.9 Å². The number of hydrogen-bond donors (Lipinski definition) is 1. The van der Waals surface area contributed by atoms with Gasteiger partial charge in [0.1, 0.15) is 0 Å². The van der Waals surface area contributed by atoms with Gasteiger partial charge in [0.2, 0.25) is 0 Å². The van der Waals surface area contributed by atoms with Gasteiger partial charge >= 0.3 is 0 Å². The summed E-state index contributed by atoms with van der Waals surface area (Å²) in [6.45, 7) is 2.83. The van der Waals surface area contributed by atoms with Crippen LogP contribution in [0.5, 0.6) is 0 Å². The van der Waals surface area contributed by atoms with Crippen LogP contribution in [0.25, 0.3) is 0 Å². The van der Waals surface area contributed by atoms with E-state index in [1.54, 1.807) is 43.1 Å². The standard InChI is InChI=1S/C13H16BrN3O3S/c1-10-3-4-11(14)7-13(10)21(18,19)16-12-8-15-17(9-12)5-6-20-2/h3-4,7-9,16H,5-6H2,1-2H3. The second-order valence-corrected chi connectivity index (χ2v) is 7.07. The number of sulfonamides is 1. The van der Waals surface area contributed by atoms with Crippen molar-refractivity contribution in [3.05, 3.63) is 40.6 Å². The first-order valence-electron chi connectivity index (χ1n) is 6.23. The third-order valence-corrected chi connectivity index (χ3v) is 4.87. The van der Waals surface area contributed by atoms with E-state index >= 15 is 0 Å². The molecule has 8 heteroatoms. The number of methoxy groups -OCH3 is 1. The average Bonchev–Trinajstić information content (AvgIpc) is 2.86. The third kappa shape index (κ3) is 4.05. The minimum absolute atomic E-state index is 0.238. The Morgan fingerprint density at radius 3 is 2.90 bits per heavy atom. The Labute approximate surface area is 132 Å². The molecule has 0 saturated carbocycles. The van der Waals surface area contributed by atoms with E-state index in [-0.39, 0.29) is 4.90 Å². The van der Waals surface area contributed by atoms with Crippen LogP contribution in [0.15, 0.2) is 40.0 Å². The van der Waals surface area contributed by atoms with Crippen molar-refractivity contribution in [2.45, 2.75) is 18.4 Å². The Bertz CT molecular complexity index is 728. The predicted molar refractivity (Wildman–Crippen MR) is 83.8 cm³/mol. The van der Waals surface area contributed by atoms with Gasteiger partial charge in [0.15, 0.2) is 0 Å². The summed E-state index contributed by atoms with van der Waals surface area (Å²) in [6.07, 6.45) is 3.10. The minimum atomic E-state index is -3.64. The molecule has 1 heterocycles. The first-order chi connectivity index (χ1) is 9.92. The average molecular weight is 374 g/mol. The molecule has 21 heavy (non-hydrogen) atoms. The van der Waals surface area contributed by atoms with Crippen LogP contribution in [0, 0.1) is 6.92 Å². The molecule has 0 spiro atoms. The van der Waals surface area contributed by atoms with Gasteiger partial charge in [0, 0.05) is 17.8 Å². The monoisotopic (exact) mass is 373 g/mol. The normalized spacial score (nSPS) is 11.6. The van der Waals surface area contributed by atoms with E-state index in [0.29, 0.717) is 28.9 Å². The van der Waals surface area contributed by atoms with Crippen LogP contribution in [0.2, 0.25) is 0 Å². The third-order valence-electron chi connectivity index (χ3n) is 2.85. The zero-order valence-corrected chi connectivity index (χ0v) is 14.1. The highest BCUT2D eigenvalue weighted by Gasteiger charge is 2.18. The number of aryl methyl sites for hydroxylation is 1. The number of ether oxygens (including phenoxy) is 1. The van der Waals surface area contributed by atoms with Crippen molar-refractivity contribution in [3.8, 4) is 0 Å². The zero-order chi connectivity index (χ0) is 15.5. The predicted octanol–water partition coefficient (Wildman–Crippen LogP) is 2.40. The van der Waals surface area contributed by atoms with Crippen molar-refractivity contribution in [3.63, 3.8) is 0 Å². The van der Waals surface area contributed by atoms with Gasteiger partial charge in [-0.25, -0.2) is 8.42 Å². The summed E-state index contributed by atoms with van der Waals surface area (Å²) < 4.78 is 34.6. The van der Waals surface area contributed by atoms with Crippen LogP contribution in [0.4, 0.5) is 5.69 Å². The maximum absolute atomic E-state index is 12.4. The number of benzene rings is 1. The Morgan fingerprint density at radius 2 is 2.19 bits per heavy atom. The molecule has 2 rings (SSSR count). The molecule has 1 N–H and O–H groups in total. The van der Waals surface area contributed by atoms with Crippen LogP contribution in [-0.2, 0) is 21.3 Å². The molecule has 0 saturated heterocycles. The topological polar surface area (TPSA) is 73.2 Å². The molecule has 0 bridgehead atoms. The molecule has 6 nitrogen and oxygen atoms in total. The van der Waals surface area contributed by atoms with E-state index in [0.717, 1.165) is 0 Å². The van der Waals surface area contributed by atoms with E-state index in [9.17, 15) is 8.42 Å². The lowest BCUT2D eigenvalue weighted by Gasteiger charge is -2.09. The largest absolute Gasteiger partial charge is 0.383 e. The smallest absolute Gasteiger partial charge is 0.262 e. The van der Waals surface area contributed by atoms with E-state index in [1.165, 1.54) is 6.20 Å². The Kier molecular flexibility index (Phi) is 5.02. The summed E-state index contributed by atoms with van der Waals surface area (Å²) in [5, 5.41) is 4.07. The number of hydrogen-bond acceptors (Lipinski definition) is 4. The lowest BCUT2D eigenvalue weighted by atomic mass is 10.2. The molecule has 0 atom stereocenters.